The van der Waals surface area contributed by atoms with Crippen molar-refractivity contribution >= 4 is 5.91 Å². The van der Waals surface area contributed by atoms with Gasteiger partial charge in [-0.2, -0.15) is 0 Å². The number of carbonyl (C=O) groups is 1. The molecule has 0 aromatic heterocycles. The van der Waals surface area contributed by atoms with Crippen LogP contribution in [0, 0.1) is 5.92 Å². The van der Waals surface area contributed by atoms with E-state index in [9.17, 15) is 4.79 Å². The van der Waals surface area contributed by atoms with Gasteiger partial charge in [-0.05, 0) is 18.9 Å². The van der Waals surface area contributed by atoms with Crippen LogP contribution in [0.15, 0.2) is 42.5 Å². The highest BCUT2D eigenvalue weighted by Gasteiger charge is 2.42. The van der Waals surface area contributed by atoms with Gasteiger partial charge in [0.25, 0.3) is 0 Å². The normalized spacial score (nSPS) is 30.3. The zero-order valence-electron chi connectivity index (χ0n) is 11.3. The van der Waals surface area contributed by atoms with Crippen LogP contribution in [0.4, 0.5) is 0 Å². The van der Waals surface area contributed by atoms with E-state index >= 15 is 0 Å². The van der Waals surface area contributed by atoms with Crippen molar-refractivity contribution < 1.29 is 9.53 Å². The van der Waals surface area contributed by atoms with Crippen molar-refractivity contribution in [2.24, 2.45) is 5.92 Å². The van der Waals surface area contributed by atoms with Crippen molar-refractivity contribution in [1.29, 1.82) is 0 Å². The van der Waals surface area contributed by atoms with Crippen molar-refractivity contribution in [2.45, 2.75) is 18.9 Å². The highest BCUT2D eigenvalue weighted by molar-refractivity contribution is 5.86. The van der Waals surface area contributed by atoms with Crippen molar-refractivity contribution in [3.05, 3.63) is 48.0 Å². The molecule has 3 heteroatoms. The Kier molecular flexibility index (Phi) is 2.94. The summed E-state index contributed by atoms with van der Waals surface area (Å²) in [6.45, 7) is 7.84. The van der Waals surface area contributed by atoms with Gasteiger partial charge in [0, 0.05) is 6.54 Å². The van der Waals surface area contributed by atoms with Gasteiger partial charge in [-0.25, -0.2) is 0 Å². The minimum Gasteiger partial charge on any atom is -0.367 e. The number of nitrogens with zero attached hydrogens (tertiary/aromatic N) is 1. The SMILES string of the molecule is C=C1CC1C(=O)N1CCOC(C)(c2ccccc2)C1. The van der Waals surface area contributed by atoms with Crippen LogP contribution in [0.1, 0.15) is 18.9 Å². The van der Waals surface area contributed by atoms with Crippen LogP contribution in [0.5, 0.6) is 0 Å². The lowest BCUT2D eigenvalue weighted by molar-refractivity contribution is -0.150. The molecule has 2 fully saturated rings. The molecule has 2 aliphatic rings. The Morgan fingerprint density at radius 1 is 1.42 bits per heavy atom. The quantitative estimate of drug-likeness (QED) is 0.761. The first kappa shape index (κ1) is 12.4. The van der Waals surface area contributed by atoms with E-state index in [2.05, 4.69) is 25.6 Å². The van der Waals surface area contributed by atoms with Crippen LogP contribution in [0.3, 0.4) is 0 Å². The minimum absolute atomic E-state index is 0.0677. The average molecular weight is 257 g/mol. The van der Waals surface area contributed by atoms with Crippen LogP contribution >= 0.6 is 0 Å². The molecule has 1 aliphatic heterocycles. The predicted octanol–water partition coefficient (Wildman–Crippen LogP) is 2.34. The maximum Gasteiger partial charge on any atom is 0.230 e. The predicted molar refractivity (Wildman–Crippen MR) is 73.6 cm³/mol. The van der Waals surface area contributed by atoms with Gasteiger partial charge in [0.05, 0.1) is 19.1 Å². The van der Waals surface area contributed by atoms with Crippen LogP contribution in [-0.4, -0.2) is 30.5 Å². The topological polar surface area (TPSA) is 29.5 Å². The summed E-state index contributed by atoms with van der Waals surface area (Å²) >= 11 is 0. The van der Waals surface area contributed by atoms with Gasteiger partial charge < -0.3 is 9.64 Å². The third-order valence-electron chi connectivity index (χ3n) is 4.07. The summed E-state index contributed by atoms with van der Waals surface area (Å²) in [6.07, 6.45) is 0.859. The van der Waals surface area contributed by atoms with E-state index < -0.39 is 5.60 Å². The van der Waals surface area contributed by atoms with Gasteiger partial charge in [0.2, 0.25) is 5.91 Å². The molecule has 1 heterocycles. The summed E-state index contributed by atoms with van der Waals surface area (Å²) < 4.78 is 5.94. The molecule has 1 aliphatic carbocycles. The smallest absolute Gasteiger partial charge is 0.230 e. The number of rotatable bonds is 2. The van der Waals surface area contributed by atoms with Crippen molar-refractivity contribution in [3.63, 3.8) is 0 Å². The number of amides is 1. The maximum atomic E-state index is 12.3. The summed E-state index contributed by atoms with van der Waals surface area (Å²) in [7, 11) is 0. The third kappa shape index (κ3) is 2.30. The molecule has 1 saturated heterocycles. The van der Waals surface area contributed by atoms with E-state index in [-0.39, 0.29) is 11.8 Å². The fraction of sp³-hybridized carbons (Fsp3) is 0.438. The molecule has 2 atom stereocenters. The molecule has 100 valence electrons. The average Bonchev–Trinajstić information content (AvgIpc) is 3.16. The summed E-state index contributed by atoms with van der Waals surface area (Å²) in [6, 6.07) is 10.1. The molecule has 0 N–H and O–H groups in total. The van der Waals surface area contributed by atoms with E-state index in [4.69, 9.17) is 4.74 Å². The van der Waals surface area contributed by atoms with Crippen LogP contribution in [0.2, 0.25) is 0 Å². The van der Waals surface area contributed by atoms with Crippen LogP contribution in [-0.2, 0) is 15.1 Å². The molecule has 0 spiro atoms. The van der Waals surface area contributed by atoms with Gasteiger partial charge in [0.1, 0.15) is 5.60 Å². The molecule has 1 saturated carbocycles. The van der Waals surface area contributed by atoms with E-state index in [0.717, 1.165) is 17.6 Å². The lowest BCUT2D eigenvalue weighted by atomic mass is 9.93. The lowest BCUT2D eigenvalue weighted by Gasteiger charge is -2.41. The van der Waals surface area contributed by atoms with Crippen molar-refractivity contribution in [3.8, 4) is 0 Å². The second-order valence-electron chi connectivity index (χ2n) is 5.62. The number of hydrogen-bond acceptors (Lipinski definition) is 2. The maximum absolute atomic E-state index is 12.3. The first-order valence-corrected chi connectivity index (χ1v) is 6.76. The monoisotopic (exact) mass is 257 g/mol. The molecule has 3 rings (SSSR count). The molecule has 1 amide bonds. The number of carbonyl (C=O) groups excluding carboxylic acids is 1. The molecule has 3 nitrogen and oxygen atoms in total. The molecule has 1 aromatic rings. The van der Waals surface area contributed by atoms with E-state index in [1.807, 2.05) is 23.1 Å². The molecule has 19 heavy (non-hydrogen) atoms. The fourth-order valence-electron chi connectivity index (χ4n) is 2.71. The zero-order chi connectivity index (χ0) is 13.5. The number of morpholine rings is 1. The second kappa shape index (κ2) is 4.49. The highest BCUT2D eigenvalue weighted by Crippen LogP contribution is 2.39. The highest BCUT2D eigenvalue weighted by atomic mass is 16.5. The molecule has 0 radical (unpaired) electrons. The summed E-state index contributed by atoms with van der Waals surface area (Å²) in [5.41, 5.74) is 1.80. The third-order valence-corrected chi connectivity index (χ3v) is 4.07. The summed E-state index contributed by atoms with van der Waals surface area (Å²) in [4.78, 5) is 14.2. The first-order valence-electron chi connectivity index (χ1n) is 6.76. The van der Waals surface area contributed by atoms with Crippen LogP contribution < -0.4 is 0 Å². The number of hydrogen-bond donors (Lipinski definition) is 0. The van der Waals surface area contributed by atoms with Crippen LogP contribution in [0.25, 0.3) is 0 Å². The number of ether oxygens (including phenoxy) is 1. The second-order valence-corrected chi connectivity index (χ2v) is 5.62. The van der Waals surface area contributed by atoms with Crippen molar-refractivity contribution in [1.82, 2.24) is 4.90 Å². The van der Waals surface area contributed by atoms with E-state index in [1.165, 1.54) is 0 Å². The zero-order valence-corrected chi connectivity index (χ0v) is 11.3. The Labute approximate surface area is 113 Å². The van der Waals surface area contributed by atoms with Gasteiger partial charge in [-0.1, -0.05) is 42.5 Å². The van der Waals surface area contributed by atoms with Gasteiger partial charge in [0.15, 0.2) is 0 Å². The van der Waals surface area contributed by atoms with Gasteiger partial charge in [-0.3, -0.25) is 4.79 Å². The molecule has 2 unspecified atom stereocenters. The molecular formula is C16H19NO2. The van der Waals surface area contributed by atoms with Crippen molar-refractivity contribution in [2.75, 3.05) is 19.7 Å². The molecular weight excluding hydrogens is 238 g/mol. The Morgan fingerprint density at radius 2 is 2.11 bits per heavy atom. The van der Waals surface area contributed by atoms with E-state index in [0.29, 0.717) is 19.7 Å². The minimum atomic E-state index is -0.397. The standard InChI is InChI=1S/C16H19NO2/c1-12-10-14(12)15(18)17-8-9-19-16(2,11-17)13-6-4-3-5-7-13/h3-7,14H,1,8-11H2,2H3. The Hall–Kier alpha value is -1.61. The Balaban J connectivity index is 1.77. The Bertz CT molecular complexity index is 511. The Morgan fingerprint density at radius 3 is 2.74 bits per heavy atom. The lowest BCUT2D eigenvalue weighted by Crippen LogP contribution is -2.50. The largest absolute Gasteiger partial charge is 0.367 e. The van der Waals surface area contributed by atoms with E-state index in [1.54, 1.807) is 0 Å². The van der Waals surface area contributed by atoms with Gasteiger partial charge >= 0.3 is 0 Å². The van der Waals surface area contributed by atoms with Gasteiger partial charge in [-0.15, -0.1) is 0 Å². The number of benzene rings is 1. The molecule has 1 aromatic carbocycles. The fourth-order valence-corrected chi connectivity index (χ4v) is 2.71. The first-order chi connectivity index (χ1) is 9.10. The molecule has 0 bridgehead atoms. The summed E-state index contributed by atoms with van der Waals surface area (Å²) in [5.74, 6) is 0.286. The summed E-state index contributed by atoms with van der Waals surface area (Å²) in [5, 5.41) is 0.